The molecule has 0 spiro atoms. The van der Waals surface area contributed by atoms with Gasteiger partial charge in [0.2, 0.25) is 0 Å². The second-order valence-electron chi connectivity index (χ2n) is 5.54. The van der Waals surface area contributed by atoms with Gasteiger partial charge in [-0.3, -0.25) is 0 Å². The van der Waals surface area contributed by atoms with E-state index in [9.17, 15) is 5.11 Å². The highest BCUT2D eigenvalue weighted by molar-refractivity contribution is 9.10. The van der Waals surface area contributed by atoms with Gasteiger partial charge in [-0.25, -0.2) is 4.98 Å². The van der Waals surface area contributed by atoms with Gasteiger partial charge in [-0.2, -0.15) is 0 Å². The number of aromatic nitrogens is 2. The zero-order chi connectivity index (χ0) is 17.8. The van der Waals surface area contributed by atoms with Crippen LogP contribution in [0.4, 0.5) is 0 Å². The quantitative estimate of drug-likeness (QED) is 0.628. The van der Waals surface area contributed by atoms with E-state index in [-0.39, 0.29) is 0 Å². The van der Waals surface area contributed by atoms with Crippen LogP contribution in [0.1, 0.15) is 23.4 Å². The third kappa shape index (κ3) is 4.41. The topological polar surface area (TPSA) is 73.3 Å². The van der Waals surface area contributed by atoms with Crippen LogP contribution >= 0.6 is 27.5 Å². The summed E-state index contributed by atoms with van der Waals surface area (Å²) in [5.74, 6) is 0.571. The van der Waals surface area contributed by atoms with Crippen LogP contribution in [0.15, 0.2) is 65.7 Å². The molecule has 0 fully saturated rings. The lowest BCUT2D eigenvalue weighted by Crippen LogP contribution is -2.25. The first-order valence-electron chi connectivity index (χ1n) is 7.62. The minimum Gasteiger partial charge on any atom is -0.489 e. The highest BCUT2D eigenvalue weighted by Gasteiger charge is 2.22. The van der Waals surface area contributed by atoms with Crippen LogP contribution in [0.5, 0.6) is 5.75 Å². The first-order chi connectivity index (χ1) is 12.0. The molecule has 3 N–H and O–H groups in total. The molecule has 0 bridgehead atoms. The Kier molecular flexibility index (Phi) is 5.75. The van der Waals surface area contributed by atoms with E-state index in [0.717, 1.165) is 10.0 Å². The van der Waals surface area contributed by atoms with Crippen molar-refractivity contribution in [1.29, 1.82) is 0 Å². The van der Waals surface area contributed by atoms with Crippen molar-refractivity contribution in [3.8, 4) is 5.75 Å². The number of imidazole rings is 1. The van der Waals surface area contributed by atoms with Crippen molar-refractivity contribution in [3.63, 3.8) is 0 Å². The maximum Gasteiger partial charge on any atom is 0.125 e. The average Bonchev–Trinajstić information content (AvgIpc) is 3.15. The Hall–Kier alpha value is -1.86. The van der Waals surface area contributed by atoms with Crippen molar-refractivity contribution in [1.82, 2.24) is 9.55 Å². The molecule has 0 aliphatic carbocycles. The lowest BCUT2D eigenvalue weighted by atomic mass is 10.1. The Morgan fingerprint density at radius 3 is 2.68 bits per heavy atom. The molecule has 1 heterocycles. The number of hydrogen-bond donors (Lipinski definition) is 2. The summed E-state index contributed by atoms with van der Waals surface area (Å²) in [6, 6.07) is 12.9. The number of rotatable bonds is 6. The van der Waals surface area contributed by atoms with E-state index in [0.29, 0.717) is 22.9 Å². The molecule has 7 heteroatoms. The smallest absolute Gasteiger partial charge is 0.125 e. The second-order valence-corrected chi connectivity index (χ2v) is 6.89. The summed E-state index contributed by atoms with van der Waals surface area (Å²) in [6.45, 7) is 0.360. The van der Waals surface area contributed by atoms with Gasteiger partial charge in [0.05, 0.1) is 6.33 Å². The van der Waals surface area contributed by atoms with Crippen molar-refractivity contribution in [3.05, 3.63) is 81.8 Å². The summed E-state index contributed by atoms with van der Waals surface area (Å²) in [4.78, 5) is 3.96. The van der Waals surface area contributed by atoms with E-state index in [1.165, 1.54) is 0 Å². The molecule has 2 atom stereocenters. The molecular weight excluding hydrogens is 406 g/mol. The Morgan fingerprint density at radius 2 is 2.00 bits per heavy atom. The Morgan fingerprint density at radius 1 is 1.24 bits per heavy atom. The van der Waals surface area contributed by atoms with E-state index in [1.807, 2.05) is 30.3 Å². The van der Waals surface area contributed by atoms with Gasteiger partial charge in [0, 0.05) is 27.5 Å². The minimum atomic E-state index is -0.952. The molecule has 0 amide bonds. The third-order valence-electron chi connectivity index (χ3n) is 3.79. The van der Waals surface area contributed by atoms with Gasteiger partial charge in [-0.05, 0) is 35.9 Å². The molecule has 5 nitrogen and oxygen atoms in total. The fourth-order valence-electron chi connectivity index (χ4n) is 2.42. The highest BCUT2D eigenvalue weighted by Crippen LogP contribution is 2.33. The molecule has 25 heavy (non-hydrogen) atoms. The van der Waals surface area contributed by atoms with Gasteiger partial charge in [0.1, 0.15) is 24.6 Å². The SMILES string of the molecule is NC(C(O)c1cc(Br)ccc1OCc1ccc(Cl)cc1)n1ccnc1. The van der Waals surface area contributed by atoms with Crippen molar-refractivity contribution < 1.29 is 9.84 Å². The first kappa shape index (κ1) is 17.9. The van der Waals surface area contributed by atoms with Crippen LogP contribution in [0.25, 0.3) is 0 Å². The van der Waals surface area contributed by atoms with Gasteiger partial charge in [0.15, 0.2) is 0 Å². The summed E-state index contributed by atoms with van der Waals surface area (Å²) in [6.07, 6.45) is 3.27. The van der Waals surface area contributed by atoms with Crippen LogP contribution < -0.4 is 10.5 Å². The number of halogens is 2. The zero-order valence-electron chi connectivity index (χ0n) is 13.2. The number of aliphatic hydroxyl groups excluding tert-OH is 1. The number of hydrogen-bond acceptors (Lipinski definition) is 4. The Labute approximate surface area is 159 Å². The predicted octanol–water partition coefficient (Wildman–Crippen LogP) is 4.07. The van der Waals surface area contributed by atoms with E-state index >= 15 is 0 Å². The van der Waals surface area contributed by atoms with E-state index in [1.54, 1.807) is 35.4 Å². The Balaban J connectivity index is 1.81. The van der Waals surface area contributed by atoms with E-state index in [4.69, 9.17) is 22.1 Å². The lowest BCUT2D eigenvalue weighted by molar-refractivity contribution is 0.111. The standard InChI is InChI=1S/C18H17BrClN3O2/c19-13-3-6-16(25-10-12-1-4-14(20)5-2-12)15(9-13)17(24)18(21)23-8-7-22-11-23/h1-9,11,17-18,24H,10,21H2. The van der Waals surface area contributed by atoms with Crippen LogP contribution in [0, 0.1) is 0 Å². The molecule has 130 valence electrons. The largest absolute Gasteiger partial charge is 0.489 e. The van der Waals surface area contributed by atoms with Crippen molar-refractivity contribution in [2.45, 2.75) is 18.9 Å². The van der Waals surface area contributed by atoms with Gasteiger partial charge >= 0.3 is 0 Å². The number of ether oxygens (including phenoxy) is 1. The van der Waals surface area contributed by atoms with Gasteiger partial charge < -0.3 is 20.1 Å². The predicted molar refractivity (Wildman–Crippen MR) is 100 cm³/mol. The maximum atomic E-state index is 10.7. The summed E-state index contributed by atoms with van der Waals surface area (Å²) < 4.78 is 8.38. The monoisotopic (exact) mass is 421 g/mol. The summed E-state index contributed by atoms with van der Waals surface area (Å²) in [5, 5.41) is 11.4. The molecule has 0 saturated heterocycles. The van der Waals surface area contributed by atoms with Gasteiger partial charge in [0.25, 0.3) is 0 Å². The molecule has 1 aromatic heterocycles. The Bertz CT molecular complexity index is 825. The van der Waals surface area contributed by atoms with Crippen LogP contribution in [-0.4, -0.2) is 14.7 Å². The molecule has 2 unspecified atom stereocenters. The van der Waals surface area contributed by atoms with Crippen LogP contribution in [0.2, 0.25) is 5.02 Å². The van der Waals surface area contributed by atoms with Gasteiger partial charge in [-0.15, -0.1) is 0 Å². The molecule has 3 rings (SSSR count). The third-order valence-corrected chi connectivity index (χ3v) is 4.54. The average molecular weight is 423 g/mol. The maximum absolute atomic E-state index is 10.7. The van der Waals surface area contributed by atoms with Crippen LogP contribution in [0.3, 0.4) is 0 Å². The van der Waals surface area contributed by atoms with Crippen LogP contribution in [-0.2, 0) is 6.61 Å². The zero-order valence-corrected chi connectivity index (χ0v) is 15.6. The fourth-order valence-corrected chi connectivity index (χ4v) is 2.92. The van der Waals surface area contributed by atoms with Crippen molar-refractivity contribution >= 4 is 27.5 Å². The first-order valence-corrected chi connectivity index (χ1v) is 8.79. The molecule has 3 aromatic rings. The van der Waals surface area contributed by atoms with E-state index < -0.39 is 12.3 Å². The summed E-state index contributed by atoms with van der Waals surface area (Å²) in [7, 11) is 0. The van der Waals surface area contributed by atoms with Gasteiger partial charge in [-0.1, -0.05) is 39.7 Å². The molecular formula is C18H17BrClN3O2. The number of nitrogens with two attached hydrogens (primary N) is 1. The highest BCUT2D eigenvalue weighted by atomic mass is 79.9. The lowest BCUT2D eigenvalue weighted by Gasteiger charge is -2.23. The van der Waals surface area contributed by atoms with Crippen molar-refractivity contribution in [2.24, 2.45) is 5.73 Å². The molecule has 0 radical (unpaired) electrons. The minimum absolute atomic E-state index is 0.360. The van der Waals surface area contributed by atoms with Crippen molar-refractivity contribution in [2.75, 3.05) is 0 Å². The summed E-state index contributed by atoms with van der Waals surface area (Å²) >= 11 is 9.32. The normalized spacial score (nSPS) is 13.4. The number of nitrogens with zero attached hydrogens (tertiary/aromatic N) is 2. The number of benzene rings is 2. The fraction of sp³-hybridized carbons (Fsp3) is 0.167. The molecule has 0 saturated carbocycles. The number of aliphatic hydroxyl groups is 1. The molecule has 0 aliphatic heterocycles. The summed E-state index contributed by atoms with van der Waals surface area (Å²) in [5.41, 5.74) is 7.73. The second kappa shape index (κ2) is 8.01. The molecule has 0 aliphatic rings. The van der Waals surface area contributed by atoms with E-state index in [2.05, 4.69) is 20.9 Å². The molecule has 2 aromatic carbocycles.